The average Bonchev–Trinajstić information content (AvgIpc) is 3.11. The van der Waals surface area contributed by atoms with E-state index in [-0.39, 0.29) is 0 Å². The highest BCUT2D eigenvalue weighted by molar-refractivity contribution is 5.92. The number of guanidine groups is 1. The van der Waals surface area contributed by atoms with E-state index in [1.54, 1.807) is 0 Å². The van der Waals surface area contributed by atoms with Crippen LogP contribution in [0.4, 0.5) is 5.69 Å². The third-order valence-electron chi connectivity index (χ3n) is 4.64. The van der Waals surface area contributed by atoms with Crippen molar-refractivity contribution in [2.24, 2.45) is 16.6 Å². The Hall–Kier alpha value is -2.53. The minimum atomic E-state index is 0.399. The fraction of sp³-hybridized carbons (Fsp3) is 0.409. The normalized spacial score (nSPS) is 17.1. The molecule has 5 heteroatoms. The molecule has 1 saturated heterocycles. The molecule has 0 bridgehead atoms. The molecule has 0 aliphatic carbocycles. The molecule has 0 spiro atoms. The van der Waals surface area contributed by atoms with Crippen molar-refractivity contribution >= 4 is 11.6 Å². The number of hydrogen-bond acceptors (Lipinski definition) is 3. The molecular weight excluding hydrogens is 338 g/mol. The minimum absolute atomic E-state index is 0.399. The first-order chi connectivity index (χ1) is 13.0. The molecule has 5 nitrogen and oxygen atoms in total. The quantitative estimate of drug-likeness (QED) is 0.599. The number of aliphatic imine (C=N–C) groups is 1. The van der Waals surface area contributed by atoms with Crippen molar-refractivity contribution in [3.05, 3.63) is 58.7 Å². The molecule has 2 aromatic carbocycles. The van der Waals surface area contributed by atoms with E-state index in [4.69, 9.17) is 15.2 Å². The molecule has 0 amide bonds. The van der Waals surface area contributed by atoms with Crippen LogP contribution in [0.2, 0.25) is 0 Å². The zero-order chi connectivity index (χ0) is 19.2. The molecule has 3 N–H and O–H groups in total. The smallest absolute Gasteiger partial charge is 0.193 e. The number of rotatable bonds is 6. The molecular formula is C22H29N3O2. The van der Waals surface area contributed by atoms with Crippen molar-refractivity contribution in [1.82, 2.24) is 0 Å². The van der Waals surface area contributed by atoms with Crippen LogP contribution < -0.4 is 15.8 Å². The van der Waals surface area contributed by atoms with Crippen LogP contribution in [-0.2, 0) is 11.3 Å². The van der Waals surface area contributed by atoms with Crippen molar-refractivity contribution in [1.29, 1.82) is 0 Å². The molecule has 1 fully saturated rings. The Morgan fingerprint density at radius 3 is 2.63 bits per heavy atom. The topological polar surface area (TPSA) is 68.9 Å². The number of nitrogens with two attached hydrogens (primary N) is 1. The van der Waals surface area contributed by atoms with Crippen LogP contribution >= 0.6 is 0 Å². The summed E-state index contributed by atoms with van der Waals surface area (Å²) < 4.78 is 11.5. The summed E-state index contributed by atoms with van der Waals surface area (Å²) in [6.45, 7) is 8.96. The molecule has 144 valence electrons. The highest BCUT2D eigenvalue weighted by atomic mass is 16.5. The number of hydrogen-bond donors (Lipinski definition) is 2. The number of nitrogens with one attached hydrogen (secondary N) is 1. The summed E-state index contributed by atoms with van der Waals surface area (Å²) in [5.41, 5.74) is 11.6. The summed E-state index contributed by atoms with van der Waals surface area (Å²) in [6.07, 6.45) is 1.06. The summed E-state index contributed by atoms with van der Waals surface area (Å²) in [4.78, 5) is 4.50. The molecule has 1 heterocycles. The van der Waals surface area contributed by atoms with Crippen LogP contribution in [0.25, 0.3) is 0 Å². The molecule has 27 heavy (non-hydrogen) atoms. The first kappa shape index (κ1) is 19.2. The van der Waals surface area contributed by atoms with Crippen molar-refractivity contribution in [2.75, 3.05) is 25.1 Å². The van der Waals surface area contributed by atoms with Crippen molar-refractivity contribution in [3.63, 3.8) is 0 Å². The van der Waals surface area contributed by atoms with Gasteiger partial charge in [0.2, 0.25) is 0 Å². The Kier molecular flexibility index (Phi) is 6.35. The predicted molar refractivity (Wildman–Crippen MR) is 110 cm³/mol. The highest BCUT2D eigenvalue weighted by Crippen LogP contribution is 2.23. The van der Waals surface area contributed by atoms with Gasteiger partial charge in [-0.2, -0.15) is 0 Å². The fourth-order valence-corrected chi connectivity index (χ4v) is 3.25. The molecule has 1 atom stereocenters. The molecule has 0 radical (unpaired) electrons. The van der Waals surface area contributed by atoms with E-state index >= 15 is 0 Å². The van der Waals surface area contributed by atoms with Crippen molar-refractivity contribution < 1.29 is 9.47 Å². The van der Waals surface area contributed by atoms with E-state index in [0.29, 0.717) is 25.0 Å². The second kappa shape index (κ2) is 8.91. The van der Waals surface area contributed by atoms with Crippen LogP contribution in [0.5, 0.6) is 5.75 Å². The van der Waals surface area contributed by atoms with E-state index in [2.05, 4.69) is 67.5 Å². The van der Waals surface area contributed by atoms with E-state index in [9.17, 15) is 0 Å². The van der Waals surface area contributed by atoms with Gasteiger partial charge in [-0.05, 0) is 62.1 Å². The van der Waals surface area contributed by atoms with E-state index < -0.39 is 0 Å². The highest BCUT2D eigenvalue weighted by Gasteiger charge is 2.17. The van der Waals surface area contributed by atoms with Gasteiger partial charge < -0.3 is 20.5 Å². The summed E-state index contributed by atoms with van der Waals surface area (Å²) in [5, 5.41) is 3.17. The van der Waals surface area contributed by atoms with E-state index in [1.165, 1.54) is 16.7 Å². The SMILES string of the molecule is Cc1cc(C)cc(NC(N)=NCc2ccc(C)cc2OCC2CCOC2)c1. The Morgan fingerprint density at radius 2 is 1.93 bits per heavy atom. The average molecular weight is 367 g/mol. The van der Waals surface area contributed by atoms with Crippen molar-refractivity contribution in [3.8, 4) is 5.75 Å². The number of nitrogens with zero attached hydrogens (tertiary/aromatic N) is 1. The van der Waals surface area contributed by atoms with Crippen LogP contribution in [0.3, 0.4) is 0 Å². The maximum atomic E-state index is 6.09. The lowest BCUT2D eigenvalue weighted by atomic mass is 10.1. The van der Waals surface area contributed by atoms with Crippen molar-refractivity contribution in [2.45, 2.75) is 33.7 Å². The van der Waals surface area contributed by atoms with Gasteiger partial charge in [-0.1, -0.05) is 18.2 Å². The minimum Gasteiger partial charge on any atom is -0.493 e. The fourth-order valence-electron chi connectivity index (χ4n) is 3.25. The molecule has 2 aromatic rings. The summed E-state index contributed by atoms with van der Waals surface area (Å²) >= 11 is 0. The number of benzene rings is 2. The van der Waals surface area contributed by atoms with Crippen LogP contribution in [0, 0.1) is 26.7 Å². The second-order valence-electron chi connectivity index (χ2n) is 7.35. The summed E-state index contributed by atoms with van der Waals surface area (Å²) in [6, 6.07) is 12.4. The molecule has 3 rings (SSSR count). The van der Waals surface area contributed by atoms with E-state index in [1.807, 2.05) is 0 Å². The number of anilines is 1. The first-order valence-corrected chi connectivity index (χ1v) is 9.45. The monoisotopic (exact) mass is 367 g/mol. The lowest BCUT2D eigenvalue weighted by Crippen LogP contribution is -2.22. The van der Waals surface area contributed by atoms with Gasteiger partial charge in [-0.25, -0.2) is 4.99 Å². The lowest BCUT2D eigenvalue weighted by Gasteiger charge is -2.14. The van der Waals surface area contributed by atoms with Gasteiger partial charge in [0.1, 0.15) is 5.75 Å². The predicted octanol–water partition coefficient (Wildman–Crippen LogP) is 3.95. The molecule has 1 unspecified atom stereocenters. The molecule has 1 aliphatic rings. The van der Waals surface area contributed by atoms with Gasteiger partial charge in [0.15, 0.2) is 5.96 Å². The van der Waals surface area contributed by atoms with Gasteiger partial charge in [-0.15, -0.1) is 0 Å². The standard InChI is InChI=1S/C22H29N3O2/c1-15-4-5-19(21(11-15)27-14-18-6-7-26-13-18)12-24-22(23)25-20-9-16(2)8-17(3)10-20/h4-5,8-11,18H,6-7,12-14H2,1-3H3,(H3,23,24,25). The number of aryl methyl sites for hydroxylation is 3. The maximum Gasteiger partial charge on any atom is 0.193 e. The van der Waals surface area contributed by atoms with Gasteiger partial charge in [0, 0.05) is 23.8 Å². The Bertz CT molecular complexity index is 791. The second-order valence-corrected chi connectivity index (χ2v) is 7.35. The van der Waals surface area contributed by atoms with Crippen LogP contribution in [-0.4, -0.2) is 25.8 Å². The Labute approximate surface area is 161 Å². The summed E-state index contributed by atoms with van der Waals surface area (Å²) in [7, 11) is 0. The number of ether oxygens (including phenoxy) is 2. The molecule has 1 aliphatic heterocycles. The zero-order valence-corrected chi connectivity index (χ0v) is 16.4. The lowest BCUT2D eigenvalue weighted by molar-refractivity contribution is 0.166. The first-order valence-electron chi connectivity index (χ1n) is 9.45. The largest absolute Gasteiger partial charge is 0.493 e. The van der Waals surface area contributed by atoms with Gasteiger partial charge >= 0.3 is 0 Å². The Morgan fingerprint density at radius 1 is 1.15 bits per heavy atom. The van der Waals surface area contributed by atoms with Crippen LogP contribution in [0.1, 0.15) is 28.7 Å². The van der Waals surface area contributed by atoms with Crippen LogP contribution in [0.15, 0.2) is 41.4 Å². The maximum absolute atomic E-state index is 6.09. The third kappa shape index (κ3) is 5.73. The van der Waals surface area contributed by atoms with E-state index in [0.717, 1.165) is 36.6 Å². The summed E-state index contributed by atoms with van der Waals surface area (Å²) in [5.74, 6) is 1.75. The Balaban J connectivity index is 1.65. The third-order valence-corrected chi connectivity index (χ3v) is 4.64. The van der Waals surface area contributed by atoms with Gasteiger partial charge in [-0.3, -0.25) is 0 Å². The van der Waals surface area contributed by atoms with Gasteiger partial charge in [0.25, 0.3) is 0 Å². The zero-order valence-electron chi connectivity index (χ0n) is 16.4. The molecule has 0 saturated carbocycles. The van der Waals surface area contributed by atoms with Gasteiger partial charge in [0.05, 0.1) is 19.8 Å². The molecule has 0 aromatic heterocycles.